The quantitative estimate of drug-likeness (QED) is 0.665. The predicted molar refractivity (Wildman–Crippen MR) is 128 cm³/mol. The minimum atomic E-state index is -0.624. The van der Waals surface area contributed by atoms with Gasteiger partial charge in [0.2, 0.25) is 5.91 Å². The first-order valence-corrected chi connectivity index (χ1v) is 12.2. The fourth-order valence-corrected chi connectivity index (χ4v) is 4.54. The van der Waals surface area contributed by atoms with Gasteiger partial charge in [-0.25, -0.2) is 0 Å². The van der Waals surface area contributed by atoms with Crippen molar-refractivity contribution in [1.82, 2.24) is 15.5 Å². The first-order valence-electron chi connectivity index (χ1n) is 11.3. The monoisotopic (exact) mass is 455 g/mol. The maximum absolute atomic E-state index is 13.1. The second-order valence-electron chi connectivity index (χ2n) is 8.91. The number of carbonyl (C=O) groups is 3. The van der Waals surface area contributed by atoms with E-state index in [0.29, 0.717) is 36.7 Å². The average Bonchev–Trinajstić information content (AvgIpc) is 3.32. The molecule has 1 aliphatic heterocycles. The molecule has 3 amide bonds. The predicted octanol–water partition coefficient (Wildman–Crippen LogP) is 3.87. The van der Waals surface area contributed by atoms with E-state index in [2.05, 4.69) is 24.5 Å². The number of hydrogen-bond donors (Lipinski definition) is 2. The molecule has 0 radical (unpaired) electrons. The maximum atomic E-state index is 13.1. The van der Waals surface area contributed by atoms with E-state index < -0.39 is 6.04 Å². The highest BCUT2D eigenvalue weighted by Crippen LogP contribution is 2.24. The summed E-state index contributed by atoms with van der Waals surface area (Å²) in [5.41, 5.74) is 1.68. The Bertz CT molecular complexity index is 934. The molecule has 1 aromatic heterocycles. The van der Waals surface area contributed by atoms with Crippen LogP contribution in [0.4, 0.5) is 0 Å². The van der Waals surface area contributed by atoms with E-state index in [4.69, 9.17) is 0 Å². The Labute approximate surface area is 194 Å². The summed E-state index contributed by atoms with van der Waals surface area (Å²) in [6.45, 7) is 9.16. The van der Waals surface area contributed by atoms with Crippen LogP contribution in [0.1, 0.15) is 59.2 Å². The number of thiophene rings is 1. The molecular weight excluding hydrogens is 422 g/mol. The van der Waals surface area contributed by atoms with Gasteiger partial charge in [0.25, 0.3) is 11.8 Å². The molecule has 1 saturated heterocycles. The number of nitrogens with one attached hydrogen (secondary N) is 2. The van der Waals surface area contributed by atoms with E-state index in [0.717, 1.165) is 11.1 Å². The Balaban J connectivity index is 1.69. The summed E-state index contributed by atoms with van der Waals surface area (Å²) in [6, 6.07) is 10.6. The molecule has 0 spiro atoms. The van der Waals surface area contributed by atoms with Gasteiger partial charge in [0.15, 0.2) is 0 Å². The van der Waals surface area contributed by atoms with Gasteiger partial charge in [-0.2, -0.15) is 0 Å². The summed E-state index contributed by atoms with van der Waals surface area (Å²) in [4.78, 5) is 41.3. The number of rotatable bonds is 7. The molecule has 6 nitrogen and oxygen atoms in total. The van der Waals surface area contributed by atoms with Crippen LogP contribution in [0.25, 0.3) is 0 Å². The summed E-state index contributed by atoms with van der Waals surface area (Å²) >= 11 is 1.36. The van der Waals surface area contributed by atoms with Crippen LogP contribution in [0.2, 0.25) is 0 Å². The molecule has 0 aliphatic carbocycles. The zero-order chi connectivity index (χ0) is 23.3. The zero-order valence-corrected chi connectivity index (χ0v) is 20.1. The Kier molecular flexibility index (Phi) is 8.07. The van der Waals surface area contributed by atoms with Crippen LogP contribution in [0.15, 0.2) is 41.8 Å². The van der Waals surface area contributed by atoms with Crippen molar-refractivity contribution in [2.24, 2.45) is 11.8 Å². The van der Waals surface area contributed by atoms with Crippen molar-refractivity contribution in [1.29, 1.82) is 0 Å². The zero-order valence-electron chi connectivity index (χ0n) is 19.3. The first kappa shape index (κ1) is 24.0. The Morgan fingerprint density at radius 1 is 1.00 bits per heavy atom. The fraction of sp³-hybridized carbons (Fsp3) is 0.480. The normalized spacial score (nSPS) is 16.5. The van der Waals surface area contributed by atoms with Gasteiger partial charge >= 0.3 is 0 Å². The summed E-state index contributed by atoms with van der Waals surface area (Å²) in [7, 11) is 0. The highest BCUT2D eigenvalue weighted by atomic mass is 32.1. The standard InChI is InChI=1S/C25H33N3O3S/c1-16(2)18(4)26-24(30)22(27-23(29)21-10-7-15-32-21)19-11-13-28(14-12-19)25(31)20-9-6-5-8-17(20)3/h5-10,15-16,18-19,22H,11-14H2,1-4H3,(H,26,30)(H,27,29)/t18-,22-/m0/s1. The van der Waals surface area contributed by atoms with Gasteiger partial charge in [0.1, 0.15) is 6.04 Å². The molecule has 2 atom stereocenters. The molecular formula is C25H33N3O3S. The van der Waals surface area contributed by atoms with E-state index in [1.165, 1.54) is 11.3 Å². The van der Waals surface area contributed by atoms with Crippen molar-refractivity contribution in [2.75, 3.05) is 13.1 Å². The number of carbonyl (C=O) groups excluding carboxylic acids is 3. The molecule has 1 aliphatic rings. The van der Waals surface area contributed by atoms with E-state index in [9.17, 15) is 14.4 Å². The molecule has 2 N–H and O–H groups in total. The van der Waals surface area contributed by atoms with Crippen molar-refractivity contribution in [3.8, 4) is 0 Å². The molecule has 1 fully saturated rings. The SMILES string of the molecule is Cc1ccccc1C(=O)N1CCC([C@H](NC(=O)c2cccs2)C(=O)N[C@@H](C)C(C)C)CC1. The largest absolute Gasteiger partial charge is 0.352 e. The molecule has 3 rings (SSSR count). The van der Waals surface area contributed by atoms with Gasteiger partial charge in [-0.05, 0) is 61.6 Å². The Morgan fingerprint density at radius 2 is 1.69 bits per heavy atom. The van der Waals surface area contributed by atoms with E-state index in [-0.39, 0.29) is 29.7 Å². The number of benzene rings is 1. The summed E-state index contributed by atoms with van der Waals surface area (Å²) in [6.07, 6.45) is 1.33. The van der Waals surface area contributed by atoms with Crippen LogP contribution in [0.3, 0.4) is 0 Å². The Hall–Kier alpha value is -2.67. The topological polar surface area (TPSA) is 78.5 Å². The lowest BCUT2D eigenvalue weighted by Gasteiger charge is -2.36. The smallest absolute Gasteiger partial charge is 0.262 e. The minimum Gasteiger partial charge on any atom is -0.352 e. The Morgan fingerprint density at radius 3 is 2.28 bits per heavy atom. The fourth-order valence-electron chi connectivity index (χ4n) is 3.92. The third-order valence-electron chi connectivity index (χ3n) is 6.36. The molecule has 1 aromatic carbocycles. The van der Waals surface area contributed by atoms with Gasteiger partial charge in [-0.3, -0.25) is 14.4 Å². The molecule has 2 aromatic rings. The van der Waals surface area contributed by atoms with Crippen LogP contribution in [0.5, 0.6) is 0 Å². The van der Waals surface area contributed by atoms with Crippen LogP contribution in [-0.2, 0) is 4.79 Å². The molecule has 0 unspecified atom stereocenters. The molecule has 7 heteroatoms. The van der Waals surface area contributed by atoms with Crippen LogP contribution >= 0.6 is 11.3 Å². The number of likely N-dealkylation sites (tertiary alicyclic amines) is 1. The molecule has 0 bridgehead atoms. The van der Waals surface area contributed by atoms with Gasteiger partial charge in [-0.15, -0.1) is 11.3 Å². The van der Waals surface area contributed by atoms with Gasteiger partial charge in [0.05, 0.1) is 4.88 Å². The van der Waals surface area contributed by atoms with Crippen molar-refractivity contribution in [3.05, 3.63) is 57.8 Å². The lowest BCUT2D eigenvalue weighted by molar-refractivity contribution is -0.125. The molecule has 32 heavy (non-hydrogen) atoms. The summed E-state index contributed by atoms with van der Waals surface area (Å²) in [5, 5.41) is 7.89. The third-order valence-corrected chi connectivity index (χ3v) is 7.23. The number of amides is 3. The number of aryl methyl sites for hydroxylation is 1. The second kappa shape index (κ2) is 10.8. The lowest BCUT2D eigenvalue weighted by Crippen LogP contribution is -2.55. The van der Waals surface area contributed by atoms with Gasteiger partial charge in [-0.1, -0.05) is 38.1 Å². The molecule has 172 valence electrons. The van der Waals surface area contributed by atoms with E-state index >= 15 is 0 Å². The second-order valence-corrected chi connectivity index (χ2v) is 9.86. The van der Waals surface area contributed by atoms with E-state index in [1.54, 1.807) is 6.07 Å². The minimum absolute atomic E-state index is 0.00589. The molecule has 2 heterocycles. The van der Waals surface area contributed by atoms with Crippen molar-refractivity contribution in [3.63, 3.8) is 0 Å². The number of nitrogens with zero attached hydrogens (tertiary/aromatic N) is 1. The number of hydrogen-bond acceptors (Lipinski definition) is 4. The van der Waals surface area contributed by atoms with Crippen molar-refractivity contribution >= 4 is 29.1 Å². The van der Waals surface area contributed by atoms with Crippen molar-refractivity contribution < 1.29 is 14.4 Å². The first-order chi connectivity index (χ1) is 15.3. The maximum Gasteiger partial charge on any atom is 0.262 e. The number of piperidine rings is 1. The van der Waals surface area contributed by atoms with Crippen LogP contribution in [-0.4, -0.2) is 47.8 Å². The van der Waals surface area contributed by atoms with Crippen molar-refractivity contribution in [2.45, 2.75) is 52.6 Å². The summed E-state index contributed by atoms with van der Waals surface area (Å²) in [5.74, 6) is -0.0884. The van der Waals surface area contributed by atoms with Gasteiger partial charge in [0, 0.05) is 24.7 Å². The lowest BCUT2D eigenvalue weighted by atomic mass is 9.88. The van der Waals surface area contributed by atoms with Crippen LogP contribution < -0.4 is 10.6 Å². The van der Waals surface area contributed by atoms with E-state index in [1.807, 2.05) is 54.5 Å². The van der Waals surface area contributed by atoms with Crippen LogP contribution in [0, 0.1) is 18.8 Å². The average molecular weight is 456 g/mol. The highest BCUT2D eigenvalue weighted by molar-refractivity contribution is 7.12. The highest BCUT2D eigenvalue weighted by Gasteiger charge is 2.35. The third kappa shape index (κ3) is 5.76. The van der Waals surface area contributed by atoms with Gasteiger partial charge < -0.3 is 15.5 Å². The molecule has 0 saturated carbocycles. The summed E-state index contributed by atoms with van der Waals surface area (Å²) < 4.78 is 0.